The third-order valence-electron chi connectivity index (χ3n) is 4.45. The number of halogens is 1. The molecule has 0 unspecified atom stereocenters. The molecule has 1 aliphatic rings. The van der Waals surface area contributed by atoms with Crippen LogP contribution in [0.1, 0.15) is 45.1 Å². The standard InChI is InChI=1S/C19H23ClN2O3/c1-3-25-17-10-13(9-15(20)18(17)23)8-14(11-21)19(24)22-16-7-5-4-6-12(16)2/h8-10,12,16,23H,3-7H2,1-2H3,(H,22,24)/b14-8+/t12-,16-/m1/s1. The number of hydrogen-bond donors (Lipinski definition) is 2. The normalized spacial score (nSPS) is 20.6. The Morgan fingerprint density at radius 1 is 1.48 bits per heavy atom. The Bertz CT molecular complexity index is 709. The fourth-order valence-electron chi connectivity index (χ4n) is 3.03. The molecule has 6 heteroatoms. The van der Waals surface area contributed by atoms with Gasteiger partial charge in [0.25, 0.3) is 5.91 Å². The molecule has 1 aromatic carbocycles. The van der Waals surface area contributed by atoms with Crippen LogP contribution in [0.15, 0.2) is 17.7 Å². The number of nitriles is 1. The number of phenols is 1. The summed E-state index contributed by atoms with van der Waals surface area (Å²) in [5, 5.41) is 22.3. The van der Waals surface area contributed by atoms with Crippen molar-refractivity contribution in [3.8, 4) is 17.6 Å². The van der Waals surface area contributed by atoms with Gasteiger partial charge in [-0.3, -0.25) is 4.79 Å². The Balaban J connectivity index is 2.21. The summed E-state index contributed by atoms with van der Waals surface area (Å²) in [5.74, 6) is 0.0910. The van der Waals surface area contributed by atoms with Crippen LogP contribution in [-0.4, -0.2) is 23.7 Å². The first-order valence-electron chi connectivity index (χ1n) is 8.54. The number of rotatable bonds is 5. The molecule has 134 valence electrons. The molecule has 1 aromatic rings. The van der Waals surface area contributed by atoms with Crippen molar-refractivity contribution in [2.24, 2.45) is 5.92 Å². The number of aromatic hydroxyl groups is 1. The van der Waals surface area contributed by atoms with Gasteiger partial charge in [0.05, 0.1) is 11.6 Å². The number of carbonyl (C=O) groups is 1. The zero-order valence-corrected chi connectivity index (χ0v) is 15.3. The van der Waals surface area contributed by atoms with Crippen molar-refractivity contribution < 1.29 is 14.6 Å². The summed E-state index contributed by atoms with van der Waals surface area (Å²) in [7, 11) is 0. The van der Waals surface area contributed by atoms with E-state index in [0.29, 0.717) is 18.1 Å². The molecule has 0 spiro atoms. The summed E-state index contributed by atoms with van der Waals surface area (Å²) in [6.07, 6.45) is 5.75. The van der Waals surface area contributed by atoms with E-state index in [-0.39, 0.29) is 34.0 Å². The van der Waals surface area contributed by atoms with Crippen molar-refractivity contribution in [2.75, 3.05) is 6.61 Å². The van der Waals surface area contributed by atoms with Gasteiger partial charge >= 0.3 is 0 Å². The SMILES string of the molecule is CCOc1cc(/C=C(\C#N)C(=O)N[C@@H]2CCCC[C@H]2C)cc(Cl)c1O. The topological polar surface area (TPSA) is 82.3 Å². The summed E-state index contributed by atoms with van der Waals surface area (Å²) in [5.41, 5.74) is 0.525. The quantitative estimate of drug-likeness (QED) is 0.611. The van der Waals surface area contributed by atoms with E-state index < -0.39 is 0 Å². The van der Waals surface area contributed by atoms with Gasteiger partial charge in [0.15, 0.2) is 11.5 Å². The molecule has 0 saturated heterocycles. The van der Waals surface area contributed by atoms with Gasteiger partial charge < -0.3 is 15.2 Å². The molecule has 0 aliphatic heterocycles. The Labute approximate surface area is 153 Å². The second kappa shape index (κ2) is 8.77. The highest BCUT2D eigenvalue weighted by molar-refractivity contribution is 6.32. The fourth-order valence-corrected chi connectivity index (χ4v) is 3.25. The van der Waals surface area contributed by atoms with Gasteiger partial charge in [0.1, 0.15) is 11.6 Å². The largest absolute Gasteiger partial charge is 0.503 e. The van der Waals surface area contributed by atoms with Crippen molar-refractivity contribution >= 4 is 23.6 Å². The number of nitrogens with zero attached hydrogens (tertiary/aromatic N) is 1. The van der Waals surface area contributed by atoms with E-state index in [2.05, 4.69) is 12.2 Å². The third-order valence-corrected chi connectivity index (χ3v) is 4.74. The summed E-state index contributed by atoms with van der Waals surface area (Å²) in [6.45, 7) is 4.27. The molecule has 1 fully saturated rings. The summed E-state index contributed by atoms with van der Waals surface area (Å²) < 4.78 is 5.32. The number of carbonyl (C=O) groups excluding carboxylic acids is 1. The molecule has 0 bridgehead atoms. The summed E-state index contributed by atoms with van der Waals surface area (Å²) in [6, 6.07) is 5.09. The van der Waals surface area contributed by atoms with Gasteiger partial charge in [-0.25, -0.2) is 0 Å². The first kappa shape index (κ1) is 19.1. The Kier molecular flexibility index (Phi) is 6.72. The van der Waals surface area contributed by atoms with Crippen LogP contribution in [0.4, 0.5) is 0 Å². The predicted octanol–water partition coefficient (Wildman–Crippen LogP) is 4.05. The van der Waals surface area contributed by atoms with Gasteiger partial charge in [0, 0.05) is 6.04 Å². The molecule has 1 saturated carbocycles. The van der Waals surface area contributed by atoms with Gasteiger partial charge in [-0.15, -0.1) is 0 Å². The van der Waals surface area contributed by atoms with Crippen LogP contribution >= 0.6 is 11.6 Å². The predicted molar refractivity (Wildman–Crippen MR) is 97.4 cm³/mol. The highest BCUT2D eigenvalue weighted by Gasteiger charge is 2.24. The van der Waals surface area contributed by atoms with Crippen molar-refractivity contribution in [2.45, 2.75) is 45.6 Å². The minimum atomic E-state index is -0.386. The number of phenolic OH excluding ortho intramolecular Hbond substituents is 1. The maximum Gasteiger partial charge on any atom is 0.262 e. The lowest BCUT2D eigenvalue weighted by Gasteiger charge is -2.29. The summed E-state index contributed by atoms with van der Waals surface area (Å²) >= 11 is 5.99. The second-order valence-electron chi connectivity index (χ2n) is 6.29. The van der Waals surface area contributed by atoms with Crippen LogP contribution in [-0.2, 0) is 4.79 Å². The fraction of sp³-hybridized carbons (Fsp3) is 0.474. The van der Waals surface area contributed by atoms with E-state index in [1.165, 1.54) is 18.6 Å². The van der Waals surface area contributed by atoms with E-state index in [9.17, 15) is 15.2 Å². The molecular formula is C19H23ClN2O3. The van der Waals surface area contributed by atoms with E-state index in [4.69, 9.17) is 16.3 Å². The number of amides is 1. The number of nitrogens with one attached hydrogen (secondary N) is 1. The van der Waals surface area contributed by atoms with E-state index in [1.807, 2.05) is 6.07 Å². The minimum absolute atomic E-state index is 0.00183. The van der Waals surface area contributed by atoms with Crippen molar-refractivity contribution in [3.63, 3.8) is 0 Å². The van der Waals surface area contributed by atoms with Gasteiger partial charge in [-0.2, -0.15) is 5.26 Å². The Morgan fingerprint density at radius 2 is 2.20 bits per heavy atom. The smallest absolute Gasteiger partial charge is 0.262 e. The van der Waals surface area contributed by atoms with E-state index >= 15 is 0 Å². The average molecular weight is 363 g/mol. The third kappa shape index (κ3) is 4.90. The van der Waals surface area contributed by atoms with Gasteiger partial charge in [-0.05, 0) is 49.5 Å². The molecule has 0 aromatic heterocycles. The number of benzene rings is 1. The second-order valence-corrected chi connectivity index (χ2v) is 6.70. The highest BCUT2D eigenvalue weighted by atomic mass is 35.5. The molecule has 25 heavy (non-hydrogen) atoms. The Morgan fingerprint density at radius 3 is 2.84 bits per heavy atom. The average Bonchev–Trinajstić information content (AvgIpc) is 2.59. The zero-order chi connectivity index (χ0) is 18.4. The lowest BCUT2D eigenvalue weighted by atomic mass is 9.86. The maximum absolute atomic E-state index is 12.4. The Hall–Kier alpha value is -2.19. The van der Waals surface area contributed by atoms with Crippen molar-refractivity contribution in [1.82, 2.24) is 5.32 Å². The van der Waals surface area contributed by atoms with Crippen LogP contribution in [0.2, 0.25) is 5.02 Å². The monoisotopic (exact) mass is 362 g/mol. The van der Waals surface area contributed by atoms with Gasteiger partial charge in [0.2, 0.25) is 0 Å². The first-order chi connectivity index (χ1) is 12.0. The van der Waals surface area contributed by atoms with Gasteiger partial charge in [-0.1, -0.05) is 31.4 Å². The van der Waals surface area contributed by atoms with Crippen molar-refractivity contribution in [3.05, 3.63) is 28.3 Å². The first-order valence-corrected chi connectivity index (χ1v) is 8.92. The molecule has 2 atom stereocenters. The van der Waals surface area contributed by atoms with Crippen LogP contribution in [0.5, 0.6) is 11.5 Å². The molecular weight excluding hydrogens is 340 g/mol. The van der Waals surface area contributed by atoms with Crippen LogP contribution < -0.4 is 10.1 Å². The van der Waals surface area contributed by atoms with Crippen molar-refractivity contribution in [1.29, 1.82) is 5.26 Å². The number of ether oxygens (including phenoxy) is 1. The highest BCUT2D eigenvalue weighted by Crippen LogP contribution is 2.35. The summed E-state index contributed by atoms with van der Waals surface area (Å²) in [4.78, 5) is 12.4. The lowest BCUT2D eigenvalue weighted by Crippen LogP contribution is -2.41. The lowest BCUT2D eigenvalue weighted by molar-refractivity contribution is -0.118. The minimum Gasteiger partial charge on any atom is -0.503 e. The van der Waals surface area contributed by atoms with Crippen LogP contribution in [0, 0.1) is 17.2 Å². The van der Waals surface area contributed by atoms with E-state index in [1.54, 1.807) is 13.0 Å². The molecule has 2 rings (SSSR count). The molecule has 0 heterocycles. The van der Waals surface area contributed by atoms with Crippen LogP contribution in [0.25, 0.3) is 6.08 Å². The molecule has 0 radical (unpaired) electrons. The molecule has 1 aliphatic carbocycles. The number of hydrogen-bond acceptors (Lipinski definition) is 4. The maximum atomic E-state index is 12.4. The van der Waals surface area contributed by atoms with E-state index in [0.717, 1.165) is 19.3 Å². The molecule has 5 nitrogen and oxygen atoms in total. The molecule has 2 N–H and O–H groups in total. The zero-order valence-electron chi connectivity index (χ0n) is 14.5. The molecule has 1 amide bonds. The van der Waals surface area contributed by atoms with Crippen LogP contribution in [0.3, 0.4) is 0 Å².